The topological polar surface area (TPSA) is 49.4 Å². The summed E-state index contributed by atoms with van der Waals surface area (Å²) in [5.41, 5.74) is 3.29. The first kappa shape index (κ1) is 18.2. The first-order chi connectivity index (χ1) is 12.7. The van der Waals surface area contributed by atoms with E-state index in [1.54, 1.807) is 24.3 Å². The van der Waals surface area contributed by atoms with Gasteiger partial charge in [-0.2, -0.15) is 0 Å². The molecule has 1 heterocycles. The highest BCUT2D eigenvalue weighted by molar-refractivity contribution is 6.08. The van der Waals surface area contributed by atoms with Gasteiger partial charge >= 0.3 is 0 Å². The summed E-state index contributed by atoms with van der Waals surface area (Å²) in [5, 5.41) is 2.93. The number of unbranched alkanes of at least 4 members (excludes halogenated alkanes) is 2. The lowest BCUT2D eigenvalue weighted by Crippen LogP contribution is -2.35. The van der Waals surface area contributed by atoms with Crippen LogP contribution in [-0.2, 0) is 6.42 Å². The molecule has 3 rings (SSSR count). The molecule has 0 aliphatic carbocycles. The highest BCUT2D eigenvalue weighted by Crippen LogP contribution is 2.28. The summed E-state index contributed by atoms with van der Waals surface area (Å²) in [6.45, 7) is 3.52. The molecule has 0 saturated heterocycles. The summed E-state index contributed by atoms with van der Waals surface area (Å²) in [7, 11) is 0. The molecule has 0 spiro atoms. The molecule has 0 radical (unpaired) electrons. The summed E-state index contributed by atoms with van der Waals surface area (Å²) in [6, 6.07) is 15.1. The highest BCUT2D eigenvalue weighted by Gasteiger charge is 2.23. The molecular formula is C22H26N2O2. The number of hydrogen-bond acceptors (Lipinski definition) is 2. The van der Waals surface area contributed by atoms with Crippen LogP contribution < -0.4 is 10.2 Å². The third kappa shape index (κ3) is 4.13. The molecule has 136 valence electrons. The molecule has 4 heteroatoms. The van der Waals surface area contributed by atoms with Crippen LogP contribution in [0, 0.1) is 0 Å². The van der Waals surface area contributed by atoms with Crippen molar-refractivity contribution in [2.45, 2.75) is 39.0 Å². The van der Waals surface area contributed by atoms with E-state index in [9.17, 15) is 9.59 Å². The quantitative estimate of drug-likeness (QED) is 0.794. The Kier molecular flexibility index (Phi) is 6.05. The van der Waals surface area contributed by atoms with Gasteiger partial charge in [0.15, 0.2) is 0 Å². The average Bonchev–Trinajstić information content (AvgIpc) is 2.70. The minimum Gasteiger partial charge on any atom is -0.352 e. The summed E-state index contributed by atoms with van der Waals surface area (Å²) < 4.78 is 0. The van der Waals surface area contributed by atoms with Crippen molar-refractivity contribution in [2.24, 2.45) is 0 Å². The number of amides is 2. The molecule has 0 unspecified atom stereocenters. The second-order valence-corrected chi connectivity index (χ2v) is 6.73. The molecule has 2 amide bonds. The Labute approximate surface area is 155 Å². The molecule has 1 aliphatic heterocycles. The second-order valence-electron chi connectivity index (χ2n) is 6.73. The van der Waals surface area contributed by atoms with E-state index in [1.807, 2.05) is 23.1 Å². The van der Waals surface area contributed by atoms with Crippen LogP contribution >= 0.6 is 0 Å². The summed E-state index contributed by atoms with van der Waals surface area (Å²) in [4.78, 5) is 27.2. The molecule has 4 nitrogen and oxygen atoms in total. The molecule has 1 N–H and O–H groups in total. The third-order valence-corrected chi connectivity index (χ3v) is 4.79. The number of carbonyl (C=O) groups excluding carboxylic acids is 2. The van der Waals surface area contributed by atoms with Gasteiger partial charge in [0.05, 0.1) is 0 Å². The lowest BCUT2D eigenvalue weighted by atomic mass is 10.0. The number of hydrogen-bond donors (Lipinski definition) is 1. The first-order valence-electron chi connectivity index (χ1n) is 9.48. The van der Waals surface area contributed by atoms with Crippen LogP contribution in [0.3, 0.4) is 0 Å². The van der Waals surface area contributed by atoms with Gasteiger partial charge in [-0.3, -0.25) is 9.59 Å². The van der Waals surface area contributed by atoms with Crippen LogP contribution in [0.4, 0.5) is 5.69 Å². The number of rotatable bonds is 6. The Bertz CT molecular complexity index is 785. The van der Waals surface area contributed by atoms with Crippen molar-refractivity contribution in [3.63, 3.8) is 0 Å². The number of para-hydroxylation sites is 1. The minimum atomic E-state index is -0.116. The van der Waals surface area contributed by atoms with Crippen molar-refractivity contribution in [1.29, 1.82) is 0 Å². The molecule has 26 heavy (non-hydrogen) atoms. The van der Waals surface area contributed by atoms with Crippen LogP contribution in [-0.4, -0.2) is 24.9 Å². The number of aryl methyl sites for hydroxylation is 1. The van der Waals surface area contributed by atoms with E-state index in [-0.39, 0.29) is 11.8 Å². The summed E-state index contributed by atoms with van der Waals surface area (Å²) in [5.74, 6) is -0.160. The SMILES string of the molecule is CCCCCNC(=O)c1cccc(C(=O)N2CCCc3ccccc32)c1. The number of nitrogens with zero attached hydrogens (tertiary/aromatic N) is 1. The fraction of sp³-hybridized carbons (Fsp3) is 0.364. The normalized spacial score (nSPS) is 13.2. The van der Waals surface area contributed by atoms with Gasteiger partial charge in [-0.05, 0) is 49.1 Å². The number of fused-ring (bicyclic) bond motifs is 1. The fourth-order valence-corrected chi connectivity index (χ4v) is 3.37. The monoisotopic (exact) mass is 350 g/mol. The van der Waals surface area contributed by atoms with Gasteiger partial charge in [-0.15, -0.1) is 0 Å². The van der Waals surface area contributed by atoms with Crippen LogP contribution in [0.25, 0.3) is 0 Å². The van der Waals surface area contributed by atoms with Gasteiger partial charge in [-0.1, -0.05) is 44.0 Å². The Morgan fingerprint density at radius 2 is 1.85 bits per heavy atom. The predicted molar refractivity (Wildman–Crippen MR) is 105 cm³/mol. The van der Waals surface area contributed by atoms with E-state index < -0.39 is 0 Å². The van der Waals surface area contributed by atoms with Crippen LogP contribution in [0.1, 0.15) is 58.9 Å². The van der Waals surface area contributed by atoms with E-state index in [1.165, 1.54) is 5.56 Å². The van der Waals surface area contributed by atoms with E-state index in [0.717, 1.165) is 37.8 Å². The largest absolute Gasteiger partial charge is 0.352 e. The number of carbonyl (C=O) groups is 2. The lowest BCUT2D eigenvalue weighted by Gasteiger charge is -2.29. The van der Waals surface area contributed by atoms with Gasteiger partial charge in [0.1, 0.15) is 0 Å². The van der Waals surface area contributed by atoms with Gasteiger partial charge in [0.2, 0.25) is 0 Å². The standard InChI is InChI=1S/C22H26N2O2/c1-2-3-6-14-23-21(25)18-10-7-11-19(16-18)22(26)24-15-8-12-17-9-4-5-13-20(17)24/h4-5,7,9-11,13,16H,2-3,6,8,12,14-15H2,1H3,(H,23,25). The average molecular weight is 350 g/mol. The van der Waals surface area contributed by atoms with E-state index in [4.69, 9.17) is 0 Å². The zero-order valence-corrected chi connectivity index (χ0v) is 15.3. The van der Waals surface area contributed by atoms with Crippen LogP contribution in [0.15, 0.2) is 48.5 Å². The van der Waals surface area contributed by atoms with Crippen molar-refractivity contribution < 1.29 is 9.59 Å². The van der Waals surface area contributed by atoms with Gasteiger partial charge < -0.3 is 10.2 Å². The molecule has 1 aliphatic rings. The van der Waals surface area contributed by atoms with Crippen molar-refractivity contribution in [3.05, 3.63) is 65.2 Å². The van der Waals surface area contributed by atoms with Gasteiger partial charge in [0.25, 0.3) is 11.8 Å². The van der Waals surface area contributed by atoms with Crippen molar-refractivity contribution >= 4 is 17.5 Å². The van der Waals surface area contributed by atoms with E-state index >= 15 is 0 Å². The van der Waals surface area contributed by atoms with Crippen LogP contribution in [0.2, 0.25) is 0 Å². The molecule has 2 aromatic rings. The summed E-state index contributed by atoms with van der Waals surface area (Å²) >= 11 is 0. The van der Waals surface area contributed by atoms with Crippen molar-refractivity contribution in [1.82, 2.24) is 5.32 Å². The Morgan fingerprint density at radius 1 is 1.04 bits per heavy atom. The molecule has 0 saturated carbocycles. The van der Waals surface area contributed by atoms with Crippen molar-refractivity contribution in [3.8, 4) is 0 Å². The molecule has 2 aromatic carbocycles. The molecule has 0 atom stereocenters. The zero-order valence-electron chi connectivity index (χ0n) is 15.3. The smallest absolute Gasteiger partial charge is 0.258 e. The number of nitrogens with one attached hydrogen (secondary N) is 1. The maximum absolute atomic E-state index is 13.0. The Hall–Kier alpha value is -2.62. The first-order valence-corrected chi connectivity index (χ1v) is 9.48. The maximum Gasteiger partial charge on any atom is 0.258 e. The molecule has 0 bridgehead atoms. The molecule has 0 aromatic heterocycles. The van der Waals surface area contributed by atoms with Crippen LogP contribution in [0.5, 0.6) is 0 Å². The number of benzene rings is 2. The second kappa shape index (κ2) is 8.65. The van der Waals surface area contributed by atoms with Gasteiger partial charge in [-0.25, -0.2) is 0 Å². The minimum absolute atomic E-state index is 0.0437. The van der Waals surface area contributed by atoms with E-state index in [0.29, 0.717) is 24.2 Å². The number of anilines is 1. The fourth-order valence-electron chi connectivity index (χ4n) is 3.37. The lowest BCUT2D eigenvalue weighted by molar-refractivity contribution is 0.0953. The Balaban J connectivity index is 1.74. The van der Waals surface area contributed by atoms with Crippen molar-refractivity contribution in [2.75, 3.05) is 18.0 Å². The van der Waals surface area contributed by atoms with E-state index in [2.05, 4.69) is 18.3 Å². The molecule has 0 fully saturated rings. The zero-order chi connectivity index (χ0) is 18.4. The maximum atomic E-state index is 13.0. The molecular weight excluding hydrogens is 324 g/mol. The van der Waals surface area contributed by atoms with Gasteiger partial charge in [0, 0.05) is 29.9 Å². The Morgan fingerprint density at radius 3 is 2.69 bits per heavy atom. The predicted octanol–water partition coefficient (Wildman–Crippen LogP) is 4.20. The third-order valence-electron chi connectivity index (χ3n) is 4.79. The summed E-state index contributed by atoms with van der Waals surface area (Å²) in [6.07, 6.45) is 5.16. The highest BCUT2D eigenvalue weighted by atomic mass is 16.2.